The minimum atomic E-state index is 0.0628. The maximum absolute atomic E-state index is 11.6. The van der Waals surface area contributed by atoms with Crippen molar-refractivity contribution in [3.63, 3.8) is 0 Å². The fourth-order valence-electron chi connectivity index (χ4n) is 1.56. The molecule has 0 atom stereocenters. The van der Waals surface area contributed by atoms with Gasteiger partial charge in [-0.3, -0.25) is 4.79 Å². The molecule has 1 aliphatic rings. The summed E-state index contributed by atoms with van der Waals surface area (Å²) in [6, 6.07) is 0. The van der Waals surface area contributed by atoms with Crippen molar-refractivity contribution in [3.05, 3.63) is 0 Å². The molecule has 1 rings (SSSR count). The number of likely N-dealkylation sites (N-methyl/N-ethyl adjacent to an activating group) is 1. The van der Waals surface area contributed by atoms with Crippen LogP contribution in [0.25, 0.3) is 0 Å². The van der Waals surface area contributed by atoms with E-state index in [1.807, 2.05) is 4.90 Å². The Morgan fingerprint density at radius 1 is 1.36 bits per heavy atom. The van der Waals surface area contributed by atoms with Gasteiger partial charge in [0.1, 0.15) is 0 Å². The van der Waals surface area contributed by atoms with Crippen LogP contribution in [0.5, 0.6) is 0 Å². The second kappa shape index (κ2) is 5.26. The van der Waals surface area contributed by atoms with Crippen molar-refractivity contribution in [2.75, 3.05) is 33.2 Å². The van der Waals surface area contributed by atoms with Crippen LogP contribution in [-0.4, -0.2) is 53.9 Å². The summed E-state index contributed by atoms with van der Waals surface area (Å²) in [5, 5.41) is 0. The predicted octanol–water partition coefficient (Wildman–Crippen LogP) is -0.173. The van der Waals surface area contributed by atoms with Crippen LogP contribution in [0.4, 0.5) is 0 Å². The lowest BCUT2D eigenvalue weighted by molar-refractivity contribution is -0.129. The van der Waals surface area contributed by atoms with Gasteiger partial charge >= 0.3 is 0 Å². The summed E-state index contributed by atoms with van der Waals surface area (Å²) >= 11 is 4.72. The van der Waals surface area contributed by atoms with Gasteiger partial charge in [0.05, 0.1) is 11.4 Å². The number of nitrogens with zero attached hydrogens (tertiary/aromatic N) is 2. The van der Waals surface area contributed by atoms with E-state index in [1.165, 1.54) is 0 Å². The third-order valence-corrected chi connectivity index (χ3v) is 2.54. The van der Waals surface area contributed by atoms with Gasteiger partial charge in [-0.15, -0.1) is 0 Å². The van der Waals surface area contributed by atoms with E-state index in [0.29, 0.717) is 0 Å². The molecule has 80 valence electrons. The number of rotatable bonds is 2. The molecule has 0 bridgehead atoms. The lowest BCUT2D eigenvalue weighted by atomic mass is 10.3. The van der Waals surface area contributed by atoms with Crippen LogP contribution in [0.2, 0.25) is 0 Å². The zero-order valence-electron chi connectivity index (χ0n) is 8.53. The van der Waals surface area contributed by atoms with Crippen molar-refractivity contribution in [1.29, 1.82) is 0 Å². The average Bonchev–Trinajstić information content (AvgIpc) is 2.28. The topological polar surface area (TPSA) is 49.6 Å². The van der Waals surface area contributed by atoms with Gasteiger partial charge in [-0.25, -0.2) is 0 Å². The van der Waals surface area contributed by atoms with Crippen LogP contribution < -0.4 is 5.73 Å². The van der Waals surface area contributed by atoms with Crippen LogP contribution in [-0.2, 0) is 4.79 Å². The average molecular weight is 215 g/mol. The Morgan fingerprint density at radius 3 is 2.71 bits per heavy atom. The second-order valence-corrected chi connectivity index (χ2v) is 4.21. The molecule has 1 amide bonds. The molecule has 0 spiro atoms. The first-order valence-electron chi connectivity index (χ1n) is 4.84. The number of carbonyl (C=O) groups excluding carboxylic acids is 1. The van der Waals surface area contributed by atoms with Crippen molar-refractivity contribution in [2.45, 2.75) is 12.8 Å². The van der Waals surface area contributed by atoms with Crippen LogP contribution in [0.15, 0.2) is 0 Å². The summed E-state index contributed by atoms with van der Waals surface area (Å²) < 4.78 is 0. The molecule has 0 aromatic carbocycles. The third kappa shape index (κ3) is 3.59. The molecule has 1 aliphatic heterocycles. The first kappa shape index (κ1) is 11.4. The molecule has 1 fully saturated rings. The molecular weight excluding hydrogens is 198 g/mol. The van der Waals surface area contributed by atoms with Crippen LogP contribution in [0, 0.1) is 0 Å². The van der Waals surface area contributed by atoms with E-state index in [2.05, 4.69) is 11.9 Å². The van der Waals surface area contributed by atoms with Gasteiger partial charge in [-0.05, 0) is 20.0 Å². The van der Waals surface area contributed by atoms with Gasteiger partial charge in [-0.1, -0.05) is 12.2 Å². The Bertz CT molecular complexity index is 232. The molecule has 0 saturated carbocycles. The summed E-state index contributed by atoms with van der Waals surface area (Å²) in [4.78, 5) is 16.0. The van der Waals surface area contributed by atoms with E-state index in [-0.39, 0.29) is 17.3 Å². The number of carbonyl (C=O) groups is 1. The van der Waals surface area contributed by atoms with E-state index < -0.39 is 0 Å². The summed E-state index contributed by atoms with van der Waals surface area (Å²) in [6.07, 6.45) is 1.23. The van der Waals surface area contributed by atoms with Crippen molar-refractivity contribution in [2.24, 2.45) is 5.73 Å². The standard InChI is InChI=1S/C9H17N3OS/c1-11-3-2-4-12(6-5-11)9(13)7-8(10)14/h2-7H2,1H3,(H2,10,14). The Kier molecular flexibility index (Phi) is 4.28. The maximum atomic E-state index is 11.6. The zero-order valence-corrected chi connectivity index (χ0v) is 9.35. The highest BCUT2D eigenvalue weighted by molar-refractivity contribution is 7.80. The molecule has 0 radical (unpaired) electrons. The highest BCUT2D eigenvalue weighted by Crippen LogP contribution is 2.03. The third-order valence-electron chi connectivity index (χ3n) is 2.40. The Morgan fingerprint density at radius 2 is 2.07 bits per heavy atom. The van der Waals surface area contributed by atoms with Gasteiger partial charge in [0.25, 0.3) is 0 Å². The summed E-state index contributed by atoms with van der Waals surface area (Å²) in [6.45, 7) is 3.60. The Hall–Kier alpha value is -0.680. The van der Waals surface area contributed by atoms with E-state index in [1.54, 1.807) is 0 Å². The number of hydrogen-bond acceptors (Lipinski definition) is 3. The summed E-state index contributed by atoms with van der Waals surface area (Å²) in [5.74, 6) is 0.0628. The highest BCUT2D eigenvalue weighted by atomic mass is 32.1. The van der Waals surface area contributed by atoms with Crippen molar-refractivity contribution in [3.8, 4) is 0 Å². The second-order valence-electron chi connectivity index (χ2n) is 3.68. The minimum absolute atomic E-state index is 0.0628. The normalized spacial score (nSPS) is 19.1. The molecule has 4 nitrogen and oxygen atoms in total. The van der Waals surface area contributed by atoms with Gasteiger partial charge in [0.2, 0.25) is 5.91 Å². The van der Waals surface area contributed by atoms with Crippen LogP contribution in [0.1, 0.15) is 12.8 Å². The van der Waals surface area contributed by atoms with Gasteiger partial charge < -0.3 is 15.5 Å². The van der Waals surface area contributed by atoms with E-state index in [9.17, 15) is 4.79 Å². The van der Waals surface area contributed by atoms with Gasteiger partial charge in [0, 0.05) is 19.6 Å². The molecule has 5 heteroatoms. The number of nitrogens with two attached hydrogens (primary N) is 1. The summed E-state index contributed by atoms with van der Waals surface area (Å²) in [5.41, 5.74) is 5.34. The first-order chi connectivity index (χ1) is 6.59. The lowest BCUT2D eigenvalue weighted by Gasteiger charge is -2.20. The predicted molar refractivity (Wildman–Crippen MR) is 60.1 cm³/mol. The maximum Gasteiger partial charge on any atom is 0.229 e. The molecular formula is C9H17N3OS. The summed E-state index contributed by atoms with van der Waals surface area (Å²) in [7, 11) is 2.07. The number of amides is 1. The fraction of sp³-hybridized carbons (Fsp3) is 0.778. The fourth-order valence-corrected chi connectivity index (χ4v) is 1.68. The zero-order chi connectivity index (χ0) is 10.6. The van der Waals surface area contributed by atoms with Crippen LogP contribution >= 0.6 is 12.2 Å². The molecule has 0 aromatic rings. The van der Waals surface area contributed by atoms with Crippen molar-refractivity contribution >= 4 is 23.1 Å². The Labute approximate surface area is 90.0 Å². The number of thiocarbonyl (C=S) groups is 1. The SMILES string of the molecule is CN1CCCN(C(=O)CC(N)=S)CC1. The quantitative estimate of drug-likeness (QED) is 0.650. The monoisotopic (exact) mass is 215 g/mol. The van der Waals surface area contributed by atoms with Gasteiger partial charge in [-0.2, -0.15) is 0 Å². The van der Waals surface area contributed by atoms with Gasteiger partial charge in [0.15, 0.2) is 0 Å². The molecule has 2 N–H and O–H groups in total. The Balaban J connectivity index is 2.43. The molecule has 0 aromatic heterocycles. The van der Waals surface area contributed by atoms with Crippen molar-refractivity contribution in [1.82, 2.24) is 9.80 Å². The molecule has 1 saturated heterocycles. The van der Waals surface area contributed by atoms with E-state index in [0.717, 1.165) is 32.6 Å². The minimum Gasteiger partial charge on any atom is -0.393 e. The molecule has 0 aliphatic carbocycles. The first-order valence-corrected chi connectivity index (χ1v) is 5.25. The number of hydrogen-bond donors (Lipinski definition) is 1. The molecule has 1 heterocycles. The largest absolute Gasteiger partial charge is 0.393 e. The smallest absolute Gasteiger partial charge is 0.229 e. The van der Waals surface area contributed by atoms with Crippen LogP contribution in [0.3, 0.4) is 0 Å². The van der Waals surface area contributed by atoms with E-state index in [4.69, 9.17) is 18.0 Å². The van der Waals surface area contributed by atoms with E-state index >= 15 is 0 Å². The lowest BCUT2D eigenvalue weighted by Crippen LogP contribution is -2.36. The van der Waals surface area contributed by atoms with Crippen molar-refractivity contribution < 1.29 is 4.79 Å². The highest BCUT2D eigenvalue weighted by Gasteiger charge is 2.17. The molecule has 0 unspecified atom stereocenters. The molecule has 14 heavy (non-hydrogen) atoms.